The molecule has 0 aromatic heterocycles. The predicted octanol–water partition coefficient (Wildman–Crippen LogP) is 4.72. The van der Waals surface area contributed by atoms with Gasteiger partial charge in [-0.3, -0.25) is 0 Å². The average molecular weight is 294 g/mol. The van der Waals surface area contributed by atoms with Crippen LogP contribution >= 0.6 is 23.2 Å². The SMILES string of the molecule is Clc1cc(Cl)cc(CNCCCc2ccccc2)c1. The van der Waals surface area contributed by atoms with Crippen LogP contribution in [0.3, 0.4) is 0 Å². The van der Waals surface area contributed by atoms with Crippen molar-refractivity contribution in [2.24, 2.45) is 0 Å². The van der Waals surface area contributed by atoms with Gasteiger partial charge in [0.1, 0.15) is 0 Å². The minimum absolute atomic E-state index is 0.689. The molecule has 0 heterocycles. The van der Waals surface area contributed by atoms with Crippen molar-refractivity contribution in [2.45, 2.75) is 19.4 Å². The molecule has 0 unspecified atom stereocenters. The number of benzene rings is 2. The van der Waals surface area contributed by atoms with Gasteiger partial charge in [0.05, 0.1) is 0 Å². The highest BCUT2D eigenvalue weighted by Crippen LogP contribution is 2.18. The smallest absolute Gasteiger partial charge is 0.0424 e. The van der Waals surface area contributed by atoms with Crippen LogP contribution in [0.2, 0.25) is 10.0 Å². The Kier molecular flexibility index (Phi) is 5.71. The van der Waals surface area contributed by atoms with Crippen molar-refractivity contribution >= 4 is 23.2 Å². The quantitative estimate of drug-likeness (QED) is 0.760. The normalized spacial score (nSPS) is 10.6. The molecule has 0 saturated carbocycles. The summed E-state index contributed by atoms with van der Waals surface area (Å²) >= 11 is 11.9. The molecule has 1 N–H and O–H groups in total. The fourth-order valence-electron chi connectivity index (χ4n) is 2.01. The maximum Gasteiger partial charge on any atom is 0.0424 e. The van der Waals surface area contributed by atoms with Crippen LogP contribution in [0, 0.1) is 0 Å². The van der Waals surface area contributed by atoms with E-state index < -0.39 is 0 Å². The van der Waals surface area contributed by atoms with Gasteiger partial charge < -0.3 is 5.32 Å². The molecule has 2 aromatic carbocycles. The minimum atomic E-state index is 0.689. The molecule has 19 heavy (non-hydrogen) atoms. The summed E-state index contributed by atoms with van der Waals surface area (Å²) in [6.07, 6.45) is 2.22. The molecule has 0 saturated heterocycles. The minimum Gasteiger partial charge on any atom is -0.313 e. The maximum absolute atomic E-state index is 5.96. The summed E-state index contributed by atoms with van der Waals surface area (Å²) in [7, 11) is 0. The van der Waals surface area contributed by atoms with Crippen LogP contribution < -0.4 is 5.32 Å². The summed E-state index contributed by atoms with van der Waals surface area (Å²) in [6, 6.07) is 16.2. The van der Waals surface area contributed by atoms with E-state index in [9.17, 15) is 0 Å². The first-order chi connectivity index (χ1) is 9.24. The monoisotopic (exact) mass is 293 g/mol. The third-order valence-corrected chi connectivity index (χ3v) is 3.35. The number of nitrogens with one attached hydrogen (secondary N) is 1. The third-order valence-electron chi connectivity index (χ3n) is 2.91. The zero-order valence-electron chi connectivity index (χ0n) is 10.7. The van der Waals surface area contributed by atoms with Gasteiger partial charge in [-0.25, -0.2) is 0 Å². The van der Waals surface area contributed by atoms with Crippen molar-refractivity contribution < 1.29 is 0 Å². The van der Waals surface area contributed by atoms with Crippen molar-refractivity contribution in [1.82, 2.24) is 5.32 Å². The van der Waals surface area contributed by atoms with Crippen molar-refractivity contribution in [2.75, 3.05) is 6.54 Å². The van der Waals surface area contributed by atoms with E-state index >= 15 is 0 Å². The molecular weight excluding hydrogens is 277 g/mol. The van der Waals surface area contributed by atoms with Gasteiger partial charge in [0.2, 0.25) is 0 Å². The second-order valence-corrected chi connectivity index (χ2v) is 5.42. The molecule has 0 radical (unpaired) electrons. The number of aryl methyl sites for hydroxylation is 1. The molecule has 0 aliphatic rings. The highest BCUT2D eigenvalue weighted by molar-refractivity contribution is 6.34. The van der Waals surface area contributed by atoms with E-state index in [1.807, 2.05) is 18.2 Å². The van der Waals surface area contributed by atoms with Crippen LogP contribution in [0.15, 0.2) is 48.5 Å². The fourth-order valence-corrected chi connectivity index (χ4v) is 2.58. The van der Waals surface area contributed by atoms with Crippen LogP contribution in [0.5, 0.6) is 0 Å². The maximum atomic E-state index is 5.96. The van der Waals surface area contributed by atoms with E-state index in [1.165, 1.54) is 5.56 Å². The molecule has 0 aliphatic heterocycles. The van der Waals surface area contributed by atoms with Crippen molar-refractivity contribution in [1.29, 1.82) is 0 Å². The summed E-state index contributed by atoms with van der Waals surface area (Å²) in [4.78, 5) is 0. The molecule has 3 heteroatoms. The van der Waals surface area contributed by atoms with E-state index in [4.69, 9.17) is 23.2 Å². The topological polar surface area (TPSA) is 12.0 Å². The van der Waals surface area contributed by atoms with Gasteiger partial charge in [0, 0.05) is 16.6 Å². The summed E-state index contributed by atoms with van der Waals surface area (Å²) in [5, 5.41) is 4.79. The lowest BCUT2D eigenvalue weighted by Gasteiger charge is -2.06. The second kappa shape index (κ2) is 7.54. The summed E-state index contributed by atoms with van der Waals surface area (Å²) < 4.78 is 0. The second-order valence-electron chi connectivity index (χ2n) is 4.54. The van der Waals surface area contributed by atoms with Crippen LogP contribution in [0.1, 0.15) is 17.5 Å². The van der Waals surface area contributed by atoms with Gasteiger partial charge in [-0.2, -0.15) is 0 Å². The van der Waals surface area contributed by atoms with Crippen LogP contribution in [0.25, 0.3) is 0 Å². The van der Waals surface area contributed by atoms with Crippen LogP contribution in [-0.4, -0.2) is 6.54 Å². The molecule has 0 atom stereocenters. The van der Waals surface area contributed by atoms with Crippen LogP contribution in [-0.2, 0) is 13.0 Å². The van der Waals surface area contributed by atoms with Gasteiger partial charge >= 0.3 is 0 Å². The van der Waals surface area contributed by atoms with Crippen LogP contribution in [0.4, 0.5) is 0 Å². The van der Waals surface area contributed by atoms with Crippen molar-refractivity contribution in [3.05, 3.63) is 69.7 Å². The van der Waals surface area contributed by atoms with E-state index in [0.29, 0.717) is 10.0 Å². The molecule has 2 aromatic rings. The number of halogens is 2. The standard InChI is InChI=1S/C16H17Cl2N/c17-15-9-14(10-16(18)11-15)12-19-8-4-7-13-5-2-1-3-6-13/h1-3,5-6,9-11,19H,4,7-8,12H2. The highest BCUT2D eigenvalue weighted by Gasteiger charge is 1.98. The van der Waals surface area contributed by atoms with Gasteiger partial charge in [0.25, 0.3) is 0 Å². The number of hydrogen-bond donors (Lipinski definition) is 1. The number of rotatable bonds is 6. The van der Waals surface area contributed by atoms with Gasteiger partial charge in [0.15, 0.2) is 0 Å². The zero-order valence-corrected chi connectivity index (χ0v) is 12.2. The molecule has 1 nitrogen and oxygen atoms in total. The Morgan fingerprint density at radius 1 is 0.842 bits per heavy atom. The van der Waals surface area contributed by atoms with Crippen molar-refractivity contribution in [3.8, 4) is 0 Å². The first-order valence-electron chi connectivity index (χ1n) is 6.43. The summed E-state index contributed by atoms with van der Waals surface area (Å²) in [5.41, 5.74) is 2.51. The molecule has 0 aliphatic carbocycles. The Hall–Kier alpha value is -1.02. The van der Waals surface area contributed by atoms with Gasteiger partial charge in [-0.05, 0) is 48.7 Å². The number of hydrogen-bond acceptors (Lipinski definition) is 1. The average Bonchev–Trinajstić information content (AvgIpc) is 2.38. The Morgan fingerprint density at radius 3 is 2.21 bits per heavy atom. The molecule has 0 amide bonds. The van der Waals surface area contributed by atoms with E-state index in [-0.39, 0.29) is 0 Å². The predicted molar refractivity (Wildman–Crippen MR) is 82.9 cm³/mol. The third kappa shape index (κ3) is 5.23. The largest absolute Gasteiger partial charge is 0.313 e. The van der Waals surface area contributed by atoms with E-state index in [2.05, 4.69) is 29.6 Å². The summed E-state index contributed by atoms with van der Waals surface area (Å²) in [6.45, 7) is 1.79. The lowest BCUT2D eigenvalue weighted by atomic mass is 10.1. The Labute approximate surface area is 124 Å². The highest BCUT2D eigenvalue weighted by atomic mass is 35.5. The fraction of sp³-hybridized carbons (Fsp3) is 0.250. The Bertz CT molecular complexity index is 491. The van der Waals surface area contributed by atoms with E-state index in [1.54, 1.807) is 6.07 Å². The molecule has 2 rings (SSSR count). The lowest BCUT2D eigenvalue weighted by Crippen LogP contribution is -2.15. The first-order valence-corrected chi connectivity index (χ1v) is 7.19. The molecule has 0 spiro atoms. The molecule has 0 bridgehead atoms. The molecule has 100 valence electrons. The lowest BCUT2D eigenvalue weighted by molar-refractivity contribution is 0.649. The van der Waals surface area contributed by atoms with E-state index in [0.717, 1.165) is 31.5 Å². The molecule has 0 fully saturated rings. The van der Waals surface area contributed by atoms with Gasteiger partial charge in [-0.15, -0.1) is 0 Å². The first kappa shape index (κ1) is 14.4. The summed E-state index contributed by atoms with van der Waals surface area (Å²) in [5.74, 6) is 0. The zero-order chi connectivity index (χ0) is 13.5. The Morgan fingerprint density at radius 2 is 1.53 bits per heavy atom. The Balaban J connectivity index is 1.69. The van der Waals surface area contributed by atoms with Gasteiger partial charge in [-0.1, -0.05) is 53.5 Å². The van der Waals surface area contributed by atoms with Crippen molar-refractivity contribution in [3.63, 3.8) is 0 Å². The molecular formula is C16H17Cl2N.